The van der Waals surface area contributed by atoms with Crippen molar-refractivity contribution in [2.45, 2.75) is 12.5 Å². The Balaban J connectivity index is 2.46. The van der Waals surface area contributed by atoms with Gasteiger partial charge in [-0.1, -0.05) is 11.8 Å². The molecule has 1 nitrogen and oxygen atoms in total. The van der Waals surface area contributed by atoms with Crippen molar-refractivity contribution < 1.29 is 4.74 Å². The predicted molar refractivity (Wildman–Crippen MR) is 32.3 cm³/mol. The second kappa shape index (κ2) is 2.54. The quantitative estimate of drug-likeness (QED) is 0.455. The molecule has 42 valence electrons. The van der Waals surface area contributed by atoms with Crippen LogP contribution < -0.4 is 0 Å². The van der Waals surface area contributed by atoms with E-state index >= 15 is 0 Å². The van der Waals surface area contributed by atoms with Crippen molar-refractivity contribution in [1.82, 2.24) is 0 Å². The Hall–Kier alpha value is -0.740. The van der Waals surface area contributed by atoms with Crippen LogP contribution in [0, 0.1) is 11.8 Å². The fourth-order valence-electron chi connectivity index (χ4n) is 0.604. The van der Waals surface area contributed by atoms with Gasteiger partial charge in [0.15, 0.2) is 0 Å². The summed E-state index contributed by atoms with van der Waals surface area (Å²) < 4.78 is 5.00. The number of hydrogen-bond donors (Lipinski definition) is 0. The first-order valence-corrected chi connectivity index (χ1v) is 2.61. The van der Waals surface area contributed by atoms with Gasteiger partial charge in [-0.25, -0.2) is 0 Å². The zero-order chi connectivity index (χ0) is 5.82. The van der Waals surface area contributed by atoms with Crippen LogP contribution in [0.2, 0.25) is 0 Å². The zero-order valence-electron chi connectivity index (χ0n) is 4.85. The minimum Gasteiger partial charge on any atom is -0.376 e. The van der Waals surface area contributed by atoms with Crippen LogP contribution in [-0.4, -0.2) is 13.2 Å². The summed E-state index contributed by atoms with van der Waals surface area (Å²) in [6.07, 6.45) is 4.87. The van der Waals surface area contributed by atoms with E-state index in [9.17, 15) is 0 Å². The molecule has 0 spiro atoms. The maximum atomic E-state index is 5.00. The largest absolute Gasteiger partial charge is 0.376 e. The van der Waals surface area contributed by atoms with Gasteiger partial charge in [-0.2, -0.15) is 0 Å². The van der Waals surface area contributed by atoms with E-state index in [1.165, 1.54) is 0 Å². The van der Waals surface area contributed by atoms with E-state index < -0.39 is 0 Å². The van der Waals surface area contributed by atoms with Gasteiger partial charge in [-0.15, -0.1) is 0 Å². The fourth-order valence-corrected chi connectivity index (χ4v) is 0.604. The molecule has 0 aliphatic heterocycles. The SMILES string of the molecule is COC1C=CC#CC1. The number of methoxy groups -OCH3 is 1. The molecule has 0 amide bonds. The fraction of sp³-hybridized carbons (Fsp3) is 0.429. The highest BCUT2D eigenvalue weighted by Gasteiger charge is 1.99. The summed E-state index contributed by atoms with van der Waals surface area (Å²) in [4.78, 5) is 0. The molecule has 0 aromatic carbocycles. The van der Waals surface area contributed by atoms with Gasteiger partial charge in [0.1, 0.15) is 0 Å². The van der Waals surface area contributed by atoms with E-state index in [-0.39, 0.29) is 6.10 Å². The van der Waals surface area contributed by atoms with E-state index in [1.54, 1.807) is 7.11 Å². The minimum absolute atomic E-state index is 0.233. The van der Waals surface area contributed by atoms with Crippen LogP contribution in [0.5, 0.6) is 0 Å². The third kappa shape index (κ3) is 1.11. The lowest BCUT2D eigenvalue weighted by molar-refractivity contribution is 0.145. The highest BCUT2D eigenvalue weighted by atomic mass is 16.5. The highest BCUT2D eigenvalue weighted by Crippen LogP contribution is 2.00. The maximum absolute atomic E-state index is 5.00. The molecular weight excluding hydrogens is 100 g/mol. The molecule has 0 bridgehead atoms. The molecule has 1 aliphatic carbocycles. The molecule has 0 aromatic heterocycles. The van der Waals surface area contributed by atoms with E-state index in [2.05, 4.69) is 11.8 Å². The van der Waals surface area contributed by atoms with Gasteiger partial charge in [0, 0.05) is 13.5 Å². The van der Waals surface area contributed by atoms with Crippen LogP contribution >= 0.6 is 0 Å². The molecule has 1 rings (SSSR count). The number of rotatable bonds is 1. The highest BCUT2D eigenvalue weighted by molar-refractivity contribution is 5.22. The first-order chi connectivity index (χ1) is 3.93. The van der Waals surface area contributed by atoms with Crippen molar-refractivity contribution in [2.75, 3.05) is 7.11 Å². The third-order valence-electron chi connectivity index (χ3n) is 1.10. The van der Waals surface area contributed by atoms with Crippen molar-refractivity contribution in [3.8, 4) is 11.8 Å². The van der Waals surface area contributed by atoms with Crippen LogP contribution in [-0.2, 0) is 4.74 Å². The second-order valence-corrected chi connectivity index (χ2v) is 1.66. The van der Waals surface area contributed by atoms with Crippen LogP contribution in [0.15, 0.2) is 12.2 Å². The Morgan fingerprint density at radius 2 is 2.62 bits per heavy atom. The Morgan fingerprint density at radius 1 is 1.75 bits per heavy atom. The average Bonchev–Trinajstić information content (AvgIpc) is 1.90. The van der Waals surface area contributed by atoms with Crippen LogP contribution in [0.4, 0.5) is 0 Å². The van der Waals surface area contributed by atoms with Gasteiger partial charge in [-0.05, 0) is 12.2 Å². The summed E-state index contributed by atoms with van der Waals surface area (Å²) in [7, 11) is 1.70. The third-order valence-corrected chi connectivity index (χ3v) is 1.10. The van der Waals surface area contributed by atoms with Crippen molar-refractivity contribution in [2.24, 2.45) is 0 Å². The van der Waals surface area contributed by atoms with Crippen molar-refractivity contribution in [3.05, 3.63) is 12.2 Å². The topological polar surface area (TPSA) is 9.23 Å². The summed E-state index contributed by atoms with van der Waals surface area (Å²) in [5.41, 5.74) is 0. The van der Waals surface area contributed by atoms with Crippen molar-refractivity contribution in [3.63, 3.8) is 0 Å². The maximum Gasteiger partial charge on any atom is 0.0870 e. The molecule has 8 heavy (non-hydrogen) atoms. The van der Waals surface area contributed by atoms with Gasteiger partial charge in [0.25, 0.3) is 0 Å². The minimum atomic E-state index is 0.233. The Bertz CT molecular complexity index is 148. The smallest absolute Gasteiger partial charge is 0.0870 e. The summed E-state index contributed by atoms with van der Waals surface area (Å²) >= 11 is 0. The molecule has 0 radical (unpaired) electrons. The van der Waals surface area contributed by atoms with Crippen molar-refractivity contribution >= 4 is 0 Å². The monoisotopic (exact) mass is 108 g/mol. The van der Waals surface area contributed by atoms with Gasteiger partial charge >= 0.3 is 0 Å². The molecule has 0 N–H and O–H groups in total. The Labute approximate surface area is 49.3 Å². The average molecular weight is 108 g/mol. The van der Waals surface area contributed by atoms with E-state index in [1.807, 2.05) is 12.2 Å². The molecule has 0 saturated heterocycles. The zero-order valence-corrected chi connectivity index (χ0v) is 4.85. The lowest BCUT2D eigenvalue weighted by Crippen LogP contribution is -2.06. The lowest BCUT2D eigenvalue weighted by atomic mass is 10.2. The van der Waals surface area contributed by atoms with Gasteiger partial charge in [0.2, 0.25) is 0 Å². The molecule has 0 saturated carbocycles. The summed E-state index contributed by atoms with van der Waals surface area (Å²) in [5.74, 6) is 5.76. The molecule has 0 heterocycles. The van der Waals surface area contributed by atoms with Gasteiger partial charge < -0.3 is 4.74 Å². The normalized spacial score (nSPS) is 24.4. The van der Waals surface area contributed by atoms with Crippen LogP contribution in [0.1, 0.15) is 6.42 Å². The van der Waals surface area contributed by atoms with Crippen LogP contribution in [0.3, 0.4) is 0 Å². The Morgan fingerprint density at radius 3 is 3.00 bits per heavy atom. The number of hydrogen-bond acceptors (Lipinski definition) is 1. The number of ether oxygens (including phenoxy) is 1. The predicted octanol–water partition coefficient (Wildman–Crippen LogP) is 0.965. The summed E-state index contributed by atoms with van der Waals surface area (Å²) in [6.45, 7) is 0. The molecule has 1 atom stereocenters. The van der Waals surface area contributed by atoms with Crippen LogP contribution in [0.25, 0.3) is 0 Å². The summed E-state index contributed by atoms with van der Waals surface area (Å²) in [6, 6.07) is 0. The molecule has 1 unspecified atom stereocenters. The van der Waals surface area contributed by atoms with Gasteiger partial charge in [0.05, 0.1) is 6.10 Å². The van der Waals surface area contributed by atoms with Crippen molar-refractivity contribution in [1.29, 1.82) is 0 Å². The molecular formula is C7H8O. The van der Waals surface area contributed by atoms with Gasteiger partial charge in [-0.3, -0.25) is 0 Å². The molecule has 1 heteroatoms. The number of allylic oxidation sites excluding steroid dienone is 1. The van der Waals surface area contributed by atoms with E-state index in [4.69, 9.17) is 4.74 Å². The molecule has 0 aromatic rings. The van der Waals surface area contributed by atoms with E-state index in [0.717, 1.165) is 6.42 Å². The first-order valence-electron chi connectivity index (χ1n) is 2.61. The molecule has 1 aliphatic rings. The Kier molecular flexibility index (Phi) is 1.71. The molecule has 0 fully saturated rings. The summed E-state index contributed by atoms with van der Waals surface area (Å²) in [5, 5.41) is 0. The first kappa shape index (κ1) is 5.40. The van der Waals surface area contributed by atoms with E-state index in [0.29, 0.717) is 0 Å². The standard InChI is InChI=1S/C7H8O/c1-8-7-5-3-2-4-6-7/h3,5,7H,6H2,1H3. The second-order valence-electron chi connectivity index (χ2n) is 1.66. The lowest BCUT2D eigenvalue weighted by Gasteiger charge is -2.06.